The topological polar surface area (TPSA) is 52.6 Å². The Morgan fingerprint density at radius 3 is 2.50 bits per heavy atom. The number of piperazine rings is 1. The van der Waals surface area contributed by atoms with Crippen LogP contribution in [0.25, 0.3) is 0 Å². The number of rotatable bonds is 3. The summed E-state index contributed by atoms with van der Waals surface area (Å²) in [6, 6.07) is 7.16. The number of hydrogen-bond acceptors (Lipinski definition) is 3. The lowest BCUT2D eigenvalue weighted by Crippen LogP contribution is -2.50. The van der Waals surface area contributed by atoms with E-state index in [1.165, 1.54) is 0 Å². The molecule has 0 bridgehead atoms. The molecule has 1 heterocycles. The molecule has 1 aromatic carbocycles. The van der Waals surface area contributed by atoms with E-state index in [1.807, 2.05) is 13.1 Å². The van der Waals surface area contributed by atoms with Gasteiger partial charge in [0.15, 0.2) is 0 Å². The highest BCUT2D eigenvalue weighted by Gasteiger charge is 2.19. The van der Waals surface area contributed by atoms with E-state index in [0.29, 0.717) is 5.56 Å². The SMILES string of the molecule is CN1CCN(C(=O)CNC(=O)c2ccccc2Br)CC1. The van der Waals surface area contributed by atoms with Gasteiger partial charge in [-0.1, -0.05) is 12.1 Å². The Morgan fingerprint density at radius 2 is 1.85 bits per heavy atom. The predicted octanol–water partition coefficient (Wildman–Crippen LogP) is 0.953. The van der Waals surface area contributed by atoms with Crippen LogP contribution in [0, 0.1) is 0 Å². The van der Waals surface area contributed by atoms with Crippen LogP contribution in [0.5, 0.6) is 0 Å². The maximum atomic E-state index is 12.0. The van der Waals surface area contributed by atoms with E-state index < -0.39 is 0 Å². The zero-order valence-electron chi connectivity index (χ0n) is 11.4. The largest absolute Gasteiger partial charge is 0.343 e. The first-order chi connectivity index (χ1) is 9.58. The molecule has 20 heavy (non-hydrogen) atoms. The predicted molar refractivity (Wildman–Crippen MR) is 80.6 cm³/mol. The molecule has 0 spiro atoms. The lowest BCUT2D eigenvalue weighted by Gasteiger charge is -2.32. The van der Waals surface area contributed by atoms with Gasteiger partial charge in [-0.25, -0.2) is 0 Å². The van der Waals surface area contributed by atoms with Crippen LogP contribution < -0.4 is 5.32 Å². The average molecular weight is 340 g/mol. The average Bonchev–Trinajstić information content (AvgIpc) is 2.45. The molecule has 1 aliphatic heterocycles. The van der Waals surface area contributed by atoms with Crippen molar-refractivity contribution in [3.8, 4) is 0 Å². The third-order valence-electron chi connectivity index (χ3n) is 3.37. The second kappa shape index (κ2) is 6.85. The quantitative estimate of drug-likeness (QED) is 0.892. The molecule has 2 rings (SSSR count). The van der Waals surface area contributed by atoms with Crippen LogP contribution in [0.2, 0.25) is 0 Å². The van der Waals surface area contributed by atoms with Crippen molar-refractivity contribution in [3.63, 3.8) is 0 Å². The van der Waals surface area contributed by atoms with Gasteiger partial charge in [-0.15, -0.1) is 0 Å². The van der Waals surface area contributed by atoms with E-state index in [0.717, 1.165) is 30.7 Å². The molecule has 5 nitrogen and oxygen atoms in total. The van der Waals surface area contributed by atoms with Crippen molar-refractivity contribution in [2.75, 3.05) is 39.8 Å². The number of nitrogens with one attached hydrogen (secondary N) is 1. The third-order valence-corrected chi connectivity index (χ3v) is 4.07. The zero-order chi connectivity index (χ0) is 14.5. The van der Waals surface area contributed by atoms with Gasteiger partial charge < -0.3 is 15.1 Å². The molecule has 1 saturated heterocycles. The van der Waals surface area contributed by atoms with Gasteiger partial charge in [-0.2, -0.15) is 0 Å². The molecule has 1 fully saturated rings. The van der Waals surface area contributed by atoms with E-state index in [2.05, 4.69) is 26.1 Å². The van der Waals surface area contributed by atoms with E-state index in [9.17, 15) is 9.59 Å². The number of likely N-dealkylation sites (N-methyl/N-ethyl adjacent to an activating group) is 1. The fourth-order valence-corrected chi connectivity index (χ4v) is 2.53. The summed E-state index contributed by atoms with van der Waals surface area (Å²) in [6.45, 7) is 3.25. The molecule has 6 heteroatoms. The van der Waals surface area contributed by atoms with Crippen molar-refractivity contribution in [3.05, 3.63) is 34.3 Å². The minimum absolute atomic E-state index is 0.0292. The normalized spacial score (nSPS) is 16.0. The van der Waals surface area contributed by atoms with Crippen LogP contribution in [0.1, 0.15) is 10.4 Å². The summed E-state index contributed by atoms with van der Waals surface area (Å²) in [5.74, 6) is -0.265. The Hall–Kier alpha value is -1.40. The van der Waals surface area contributed by atoms with Crippen molar-refractivity contribution in [2.45, 2.75) is 0 Å². The molecule has 0 radical (unpaired) electrons. The van der Waals surface area contributed by atoms with Gasteiger partial charge in [-0.05, 0) is 35.1 Å². The number of carbonyl (C=O) groups is 2. The highest BCUT2D eigenvalue weighted by molar-refractivity contribution is 9.10. The maximum Gasteiger partial charge on any atom is 0.252 e. The summed E-state index contributed by atoms with van der Waals surface area (Å²) < 4.78 is 0.726. The van der Waals surface area contributed by atoms with Gasteiger partial charge in [0.05, 0.1) is 12.1 Å². The number of hydrogen-bond donors (Lipinski definition) is 1. The van der Waals surface area contributed by atoms with Crippen molar-refractivity contribution in [1.29, 1.82) is 0 Å². The van der Waals surface area contributed by atoms with E-state index in [4.69, 9.17) is 0 Å². The van der Waals surface area contributed by atoms with Gasteiger partial charge >= 0.3 is 0 Å². The molecular formula is C14H18BrN3O2. The van der Waals surface area contributed by atoms with Gasteiger partial charge in [-0.3, -0.25) is 9.59 Å². The molecular weight excluding hydrogens is 322 g/mol. The Morgan fingerprint density at radius 1 is 1.20 bits per heavy atom. The van der Waals surface area contributed by atoms with Crippen molar-refractivity contribution in [2.24, 2.45) is 0 Å². The fourth-order valence-electron chi connectivity index (χ4n) is 2.06. The molecule has 1 aliphatic rings. The number of benzene rings is 1. The van der Waals surface area contributed by atoms with Crippen LogP contribution in [0.15, 0.2) is 28.7 Å². The Labute approximate surface area is 127 Å². The second-order valence-corrected chi connectivity index (χ2v) is 5.70. The fraction of sp³-hybridized carbons (Fsp3) is 0.429. The van der Waals surface area contributed by atoms with Crippen LogP contribution >= 0.6 is 15.9 Å². The van der Waals surface area contributed by atoms with Crippen LogP contribution in [0.4, 0.5) is 0 Å². The molecule has 0 atom stereocenters. The monoisotopic (exact) mass is 339 g/mol. The summed E-state index contributed by atoms with van der Waals surface area (Å²) >= 11 is 3.33. The molecule has 0 aromatic heterocycles. The molecule has 0 aliphatic carbocycles. The molecule has 0 saturated carbocycles. The first-order valence-corrected chi connectivity index (χ1v) is 7.36. The van der Waals surface area contributed by atoms with E-state index >= 15 is 0 Å². The van der Waals surface area contributed by atoms with Crippen molar-refractivity contribution < 1.29 is 9.59 Å². The Bertz CT molecular complexity index is 499. The minimum Gasteiger partial charge on any atom is -0.343 e. The summed E-state index contributed by atoms with van der Waals surface area (Å²) in [5, 5.41) is 2.67. The van der Waals surface area contributed by atoms with E-state index in [1.54, 1.807) is 23.1 Å². The number of nitrogens with zero attached hydrogens (tertiary/aromatic N) is 2. The van der Waals surface area contributed by atoms with E-state index in [-0.39, 0.29) is 18.4 Å². The number of carbonyl (C=O) groups excluding carboxylic acids is 2. The zero-order valence-corrected chi connectivity index (χ0v) is 13.0. The summed E-state index contributed by atoms with van der Waals surface area (Å²) in [5.41, 5.74) is 0.540. The highest BCUT2D eigenvalue weighted by atomic mass is 79.9. The molecule has 1 N–H and O–H groups in total. The summed E-state index contributed by atoms with van der Waals surface area (Å²) in [7, 11) is 2.04. The Kier molecular flexibility index (Phi) is 5.14. The third kappa shape index (κ3) is 3.80. The second-order valence-electron chi connectivity index (χ2n) is 4.85. The van der Waals surface area contributed by atoms with Crippen LogP contribution in [0.3, 0.4) is 0 Å². The summed E-state index contributed by atoms with van der Waals surface area (Å²) in [4.78, 5) is 28.0. The van der Waals surface area contributed by atoms with Crippen molar-refractivity contribution >= 4 is 27.7 Å². The Balaban J connectivity index is 1.84. The maximum absolute atomic E-state index is 12.0. The first kappa shape index (κ1) is 15.0. The lowest BCUT2D eigenvalue weighted by atomic mass is 10.2. The van der Waals surface area contributed by atoms with Gasteiger partial charge in [0, 0.05) is 30.7 Å². The molecule has 2 amide bonds. The van der Waals surface area contributed by atoms with Crippen LogP contribution in [-0.4, -0.2) is 61.4 Å². The van der Waals surface area contributed by atoms with Gasteiger partial charge in [0.25, 0.3) is 5.91 Å². The van der Waals surface area contributed by atoms with Gasteiger partial charge in [0.1, 0.15) is 0 Å². The van der Waals surface area contributed by atoms with Crippen molar-refractivity contribution in [1.82, 2.24) is 15.1 Å². The first-order valence-electron chi connectivity index (χ1n) is 6.57. The van der Waals surface area contributed by atoms with Crippen LogP contribution in [-0.2, 0) is 4.79 Å². The van der Waals surface area contributed by atoms with Gasteiger partial charge in [0.2, 0.25) is 5.91 Å². The molecule has 1 aromatic rings. The highest BCUT2D eigenvalue weighted by Crippen LogP contribution is 2.15. The molecule has 108 valence electrons. The molecule has 0 unspecified atom stereocenters. The number of amides is 2. The standard InChI is InChI=1S/C14H18BrN3O2/c1-17-6-8-18(9-7-17)13(19)10-16-14(20)11-4-2-3-5-12(11)15/h2-5H,6-10H2,1H3,(H,16,20). The minimum atomic E-state index is -0.236. The smallest absolute Gasteiger partial charge is 0.252 e. The lowest BCUT2D eigenvalue weighted by molar-refractivity contribution is -0.131. The summed E-state index contributed by atoms with van der Waals surface area (Å²) in [6.07, 6.45) is 0. The number of halogens is 1.